The van der Waals surface area contributed by atoms with Crippen LogP contribution in [0.4, 0.5) is 0 Å². The third-order valence-electron chi connectivity index (χ3n) is 15.3. The lowest BCUT2D eigenvalue weighted by Gasteiger charge is -2.21. The molecule has 0 spiro atoms. The molecule has 88 heavy (non-hydrogen) atoms. The first kappa shape index (κ1) is 85.5. The van der Waals surface area contributed by atoms with Crippen molar-refractivity contribution in [3.05, 3.63) is 24.3 Å². The third kappa shape index (κ3) is 62.4. The minimum absolute atomic E-state index is 0.0843. The molecule has 0 fully saturated rings. The predicted octanol–water partition coefficient (Wildman–Crippen LogP) is 19.0. The maximum Gasteiger partial charge on any atom is 0.472 e. The fourth-order valence-electron chi connectivity index (χ4n) is 9.82. The highest BCUT2D eigenvalue weighted by Gasteiger charge is 2.30. The van der Waals surface area contributed by atoms with Gasteiger partial charge in [-0.1, -0.05) is 265 Å². The summed E-state index contributed by atoms with van der Waals surface area (Å²) in [5.74, 6) is -0.0402. The van der Waals surface area contributed by atoms with Gasteiger partial charge in [-0.3, -0.25) is 37.3 Å². The van der Waals surface area contributed by atoms with Gasteiger partial charge in [0.25, 0.3) is 0 Å². The lowest BCUT2D eigenvalue weighted by atomic mass is 10.0. The summed E-state index contributed by atoms with van der Waals surface area (Å²) >= 11 is 0. The average Bonchev–Trinajstić information content (AvgIpc) is 3.36. The molecule has 518 valence electrons. The van der Waals surface area contributed by atoms with Crippen LogP contribution >= 0.6 is 15.6 Å². The summed E-state index contributed by atoms with van der Waals surface area (Å²) in [4.78, 5) is 72.4. The van der Waals surface area contributed by atoms with Gasteiger partial charge in [0.15, 0.2) is 12.2 Å². The van der Waals surface area contributed by atoms with Gasteiger partial charge < -0.3 is 33.8 Å². The largest absolute Gasteiger partial charge is 0.472 e. The number of hydrogen-bond donors (Lipinski definition) is 3. The Balaban J connectivity index is 5.27. The van der Waals surface area contributed by atoms with E-state index >= 15 is 0 Å². The quantitative estimate of drug-likeness (QED) is 0.0169. The van der Waals surface area contributed by atoms with Crippen molar-refractivity contribution >= 4 is 39.5 Å². The van der Waals surface area contributed by atoms with Crippen LogP contribution in [0, 0.1) is 17.8 Å². The topological polar surface area (TPSA) is 237 Å². The van der Waals surface area contributed by atoms with Crippen molar-refractivity contribution in [2.24, 2.45) is 17.8 Å². The lowest BCUT2D eigenvalue weighted by molar-refractivity contribution is -0.161. The van der Waals surface area contributed by atoms with Crippen molar-refractivity contribution in [1.29, 1.82) is 0 Å². The van der Waals surface area contributed by atoms with Crippen molar-refractivity contribution in [1.82, 2.24) is 0 Å². The molecule has 0 aliphatic rings. The Kier molecular flexibility index (Phi) is 57.9. The van der Waals surface area contributed by atoms with Crippen molar-refractivity contribution in [2.45, 2.75) is 336 Å². The van der Waals surface area contributed by atoms with Crippen LogP contribution in [0.3, 0.4) is 0 Å². The number of ether oxygens (including phenoxy) is 4. The van der Waals surface area contributed by atoms with Crippen LogP contribution in [-0.4, -0.2) is 96.7 Å². The first-order valence-corrected chi connectivity index (χ1v) is 38.2. The van der Waals surface area contributed by atoms with Crippen molar-refractivity contribution in [2.75, 3.05) is 39.6 Å². The second kappa shape index (κ2) is 59.5. The van der Waals surface area contributed by atoms with Crippen LogP contribution in [0.2, 0.25) is 0 Å². The third-order valence-corrected chi connectivity index (χ3v) is 17.2. The van der Waals surface area contributed by atoms with Gasteiger partial charge in [0, 0.05) is 25.7 Å². The molecule has 0 amide bonds. The summed E-state index contributed by atoms with van der Waals surface area (Å²) in [5, 5.41) is 10.6. The molecule has 0 saturated heterocycles. The molecule has 2 unspecified atom stereocenters. The van der Waals surface area contributed by atoms with Crippen molar-refractivity contribution < 1.29 is 80.2 Å². The van der Waals surface area contributed by atoms with Crippen LogP contribution in [0.1, 0.15) is 318 Å². The van der Waals surface area contributed by atoms with Gasteiger partial charge in [0.1, 0.15) is 19.3 Å². The van der Waals surface area contributed by atoms with Gasteiger partial charge >= 0.3 is 39.5 Å². The van der Waals surface area contributed by atoms with Crippen molar-refractivity contribution in [3.63, 3.8) is 0 Å². The smallest absolute Gasteiger partial charge is 0.462 e. The zero-order chi connectivity index (χ0) is 65.2. The van der Waals surface area contributed by atoms with E-state index in [1.54, 1.807) is 0 Å². The maximum atomic E-state index is 13.0. The molecule has 5 atom stereocenters. The summed E-state index contributed by atoms with van der Waals surface area (Å²) < 4.78 is 68.1. The highest BCUT2D eigenvalue weighted by atomic mass is 31.2. The maximum absolute atomic E-state index is 13.0. The second-order valence-electron chi connectivity index (χ2n) is 25.7. The molecular weight excluding hydrogens is 1160 g/mol. The van der Waals surface area contributed by atoms with Gasteiger partial charge in [-0.2, -0.15) is 0 Å². The molecule has 0 aromatic carbocycles. The molecule has 0 aliphatic carbocycles. The Morgan fingerprint density at radius 2 is 0.614 bits per heavy atom. The Bertz CT molecular complexity index is 1830. The molecule has 0 rings (SSSR count). The van der Waals surface area contributed by atoms with Crippen LogP contribution in [-0.2, 0) is 65.4 Å². The number of aliphatic hydroxyl groups excluding tert-OH is 1. The highest BCUT2D eigenvalue weighted by Crippen LogP contribution is 2.45. The normalized spacial score (nSPS) is 14.4. The molecule has 17 nitrogen and oxygen atoms in total. The first-order chi connectivity index (χ1) is 42.2. The zero-order valence-electron chi connectivity index (χ0n) is 56.7. The van der Waals surface area contributed by atoms with Gasteiger partial charge in [-0.25, -0.2) is 9.13 Å². The van der Waals surface area contributed by atoms with Crippen molar-refractivity contribution in [3.8, 4) is 0 Å². The highest BCUT2D eigenvalue weighted by molar-refractivity contribution is 7.47. The number of esters is 4. The Labute approximate surface area is 535 Å². The number of unbranched alkanes of at least 4 members (excludes halogenated alkanes) is 30. The molecule has 0 aromatic rings. The zero-order valence-corrected chi connectivity index (χ0v) is 58.5. The fraction of sp³-hybridized carbons (Fsp3) is 0.884. The predicted molar refractivity (Wildman–Crippen MR) is 354 cm³/mol. The summed E-state index contributed by atoms with van der Waals surface area (Å²) in [5.41, 5.74) is 0. The van der Waals surface area contributed by atoms with Crippen LogP contribution in [0.5, 0.6) is 0 Å². The monoisotopic (exact) mass is 1290 g/mol. The van der Waals surface area contributed by atoms with Gasteiger partial charge in [0.05, 0.1) is 26.4 Å². The van der Waals surface area contributed by atoms with Crippen LogP contribution < -0.4 is 0 Å². The summed E-state index contributed by atoms with van der Waals surface area (Å²) in [6.07, 6.45) is 45.6. The second-order valence-corrected chi connectivity index (χ2v) is 28.6. The summed E-state index contributed by atoms with van der Waals surface area (Å²) in [7, 11) is -9.91. The number of phosphoric acid groups is 2. The molecule has 0 aromatic heterocycles. The number of carbonyl (C=O) groups is 4. The Morgan fingerprint density at radius 1 is 0.352 bits per heavy atom. The minimum Gasteiger partial charge on any atom is -0.462 e. The van der Waals surface area contributed by atoms with Gasteiger partial charge in [-0.05, 0) is 69.1 Å². The van der Waals surface area contributed by atoms with Gasteiger partial charge in [0.2, 0.25) is 0 Å². The standard InChI is InChI=1S/C69H130O17P2/c1-8-9-10-11-12-13-14-15-16-17-22-25-28-38-45-52-68(73)85-64(56-79-66(71)50-43-36-27-24-21-19-18-20-23-26-33-40-47-60(2)3)58-83-87(75,76)81-54-63(70)55-82-88(77,78)84-59-65(86-69(74)53-46-39-32-30-35-42-49-62(6)7)57-80-67(72)51-44-37-31-29-34-41-48-61(4)5/h13-16,60-65,70H,8-12,17-59H2,1-7H3,(H,75,76)(H,77,78)/b14-13-,16-15-/t63-,64-,65-/m1/s1. The van der Waals surface area contributed by atoms with E-state index in [0.29, 0.717) is 37.5 Å². The summed E-state index contributed by atoms with van der Waals surface area (Å²) in [6.45, 7) is 11.6. The van der Waals surface area contributed by atoms with E-state index in [2.05, 4.69) is 72.8 Å². The molecular formula is C69H130O17P2. The molecule has 3 N–H and O–H groups in total. The number of hydrogen-bond acceptors (Lipinski definition) is 15. The average molecular weight is 1290 g/mol. The molecule has 0 radical (unpaired) electrons. The molecule has 0 saturated carbocycles. The Morgan fingerprint density at radius 3 is 0.920 bits per heavy atom. The van der Waals surface area contributed by atoms with E-state index in [1.165, 1.54) is 109 Å². The number of carbonyl (C=O) groups excluding carboxylic acids is 4. The number of rotatable bonds is 65. The molecule has 0 aliphatic heterocycles. The lowest BCUT2D eigenvalue weighted by Crippen LogP contribution is -2.30. The Hall–Kier alpha value is -2.46. The minimum atomic E-state index is -4.96. The SMILES string of the molecule is CCCCCC/C=C\C=C/CCCCCCCC(=O)O[C@H](COC(=O)CCCCCCCCCCCCCCC(C)C)COP(=O)(O)OC[C@@H](O)COP(=O)(O)OC[C@@H](COC(=O)CCCCCCCCC(C)C)OC(=O)CCCCCCCCC(C)C. The van der Waals surface area contributed by atoms with Crippen LogP contribution in [0.25, 0.3) is 0 Å². The number of phosphoric ester groups is 2. The van der Waals surface area contributed by atoms with Crippen LogP contribution in [0.15, 0.2) is 24.3 Å². The van der Waals surface area contributed by atoms with E-state index in [4.69, 9.17) is 37.0 Å². The van der Waals surface area contributed by atoms with E-state index in [9.17, 15) is 43.2 Å². The van der Waals surface area contributed by atoms with E-state index in [0.717, 1.165) is 115 Å². The number of allylic oxidation sites excluding steroid dienone is 4. The molecule has 0 heterocycles. The van der Waals surface area contributed by atoms with E-state index in [1.807, 2.05) is 0 Å². The van der Waals surface area contributed by atoms with Gasteiger partial charge in [-0.15, -0.1) is 0 Å². The van der Waals surface area contributed by atoms with E-state index in [-0.39, 0.29) is 25.7 Å². The number of aliphatic hydroxyl groups is 1. The molecule has 0 bridgehead atoms. The first-order valence-electron chi connectivity index (χ1n) is 35.2. The summed E-state index contributed by atoms with van der Waals surface area (Å²) in [6, 6.07) is 0. The molecule has 19 heteroatoms. The van der Waals surface area contributed by atoms with E-state index < -0.39 is 97.5 Å². The fourth-order valence-corrected chi connectivity index (χ4v) is 11.4.